The van der Waals surface area contributed by atoms with Crippen molar-refractivity contribution in [1.29, 1.82) is 0 Å². The molecule has 0 radical (unpaired) electrons. The SMILES string of the molecule is CC(=O)c1ncc(-c2ccc(N(CC(=O)c3ncc(Cl)nc3Cl)C(=O)OC(C)(C)C)cc2)nc1Cl. The second kappa shape index (κ2) is 10.6. The zero-order chi connectivity index (χ0) is 25.9. The van der Waals surface area contributed by atoms with Gasteiger partial charge in [0.1, 0.15) is 22.1 Å². The Morgan fingerprint density at radius 2 is 1.51 bits per heavy atom. The molecule has 0 aliphatic heterocycles. The molecule has 0 spiro atoms. The first-order valence-corrected chi connectivity index (χ1v) is 11.3. The number of ketones is 2. The van der Waals surface area contributed by atoms with Crippen molar-refractivity contribution in [3.8, 4) is 11.3 Å². The number of benzene rings is 1. The minimum absolute atomic E-state index is 0.0130. The number of carbonyl (C=O) groups is 3. The Morgan fingerprint density at radius 1 is 0.914 bits per heavy atom. The number of rotatable bonds is 6. The van der Waals surface area contributed by atoms with E-state index in [2.05, 4.69) is 19.9 Å². The molecule has 0 aliphatic rings. The van der Waals surface area contributed by atoms with Crippen LogP contribution >= 0.6 is 34.8 Å². The number of hydrogen-bond donors (Lipinski definition) is 0. The lowest BCUT2D eigenvalue weighted by atomic mass is 10.1. The Morgan fingerprint density at radius 3 is 2.06 bits per heavy atom. The van der Waals surface area contributed by atoms with E-state index in [1.165, 1.54) is 19.3 Å². The fourth-order valence-electron chi connectivity index (χ4n) is 2.88. The van der Waals surface area contributed by atoms with Gasteiger partial charge in [-0.05, 0) is 32.9 Å². The molecule has 2 heterocycles. The number of halogens is 3. The molecule has 2 aromatic heterocycles. The number of hydrogen-bond acceptors (Lipinski definition) is 8. The molecule has 12 heteroatoms. The lowest BCUT2D eigenvalue weighted by Crippen LogP contribution is -2.40. The molecule has 1 aromatic carbocycles. The van der Waals surface area contributed by atoms with Gasteiger partial charge in [0, 0.05) is 18.2 Å². The normalized spacial score (nSPS) is 11.2. The van der Waals surface area contributed by atoms with Gasteiger partial charge in [0.2, 0.25) is 5.78 Å². The molecular formula is C23H20Cl3N5O4. The number of anilines is 1. The monoisotopic (exact) mass is 535 g/mol. The summed E-state index contributed by atoms with van der Waals surface area (Å²) in [6.07, 6.45) is 1.87. The van der Waals surface area contributed by atoms with E-state index < -0.39 is 24.0 Å². The number of ether oxygens (including phenoxy) is 1. The molecule has 3 rings (SSSR count). The van der Waals surface area contributed by atoms with Crippen LogP contribution < -0.4 is 4.90 Å². The van der Waals surface area contributed by atoms with Crippen molar-refractivity contribution in [1.82, 2.24) is 19.9 Å². The van der Waals surface area contributed by atoms with Crippen LogP contribution in [0.4, 0.5) is 10.5 Å². The zero-order valence-corrected chi connectivity index (χ0v) is 21.4. The highest BCUT2D eigenvalue weighted by Crippen LogP contribution is 2.26. The first-order chi connectivity index (χ1) is 16.4. The summed E-state index contributed by atoms with van der Waals surface area (Å²) in [4.78, 5) is 54.6. The zero-order valence-electron chi connectivity index (χ0n) is 19.2. The summed E-state index contributed by atoms with van der Waals surface area (Å²) in [5.74, 6) is -0.862. The summed E-state index contributed by atoms with van der Waals surface area (Å²) in [6, 6.07) is 6.55. The Hall–Kier alpha value is -3.14. The van der Waals surface area contributed by atoms with Crippen molar-refractivity contribution in [3.63, 3.8) is 0 Å². The minimum Gasteiger partial charge on any atom is -0.443 e. The number of nitrogens with zero attached hydrogens (tertiary/aromatic N) is 5. The van der Waals surface area contributed by atoms with Gasteiger partial charge in [-0.1, -0.05) is 46.9 Å². The van der Waals surface area contributed by atoms with Crippen LogP contribution in [0.3, 0.4) is 0 Å². The lowest BCUT2D eigenvalue weighted by molar-refractivity contribution is 0.0573. The van der Waals surface area contributed by atoms with Gasteiger partial charge < -0.3 is 4.74 Å². The fourth-order valence-corrected chi connectivity index (χ4v) is 3.58. The minimum atomic E-state index is -0.805. The van der Waals surface area contributed by atoms with E-state index in [0.29, 0.717) is 16.9 Å². The predicted molar refractivity (Wildman–Crippen MR) is 132 cm³/mol. The second-order valence-corrected chi connectivity index (χ2v) is 9.42. The highest BCUT2D eigenvalue weighted by molar-refractivity contribution is 6.34. The molecule has 0 aliphatic carbocycles. The van der Waals surface area contributed by atoms with Crippen LogP contribution in [0.1, 0.15) is 48.7 Å². The van der Waals surface area contributed by atoms with Crippen molar-refractivity contribution >= 4 is 58.1 Å². The average molecular weight is 537 g/mol. The van der Waals surface area contributed by atoms with Gasteiger partial charge in [0.15, 0.2) is 16.1 Å². The van der Waals surface area contributed by atoms with Gasteiger partial charge in [0.25, 0.3) is 0 Å². The quantitative estimate of drug-likeness (QED) is 0.367. The lowest BCUT2D eigenvalue weighted by Gasteiger charge is -2.27. The first-order valence-electron chi connectivity index (χ1n) is 10.2. The first kappa shape index (κ1) is 26.5. The van der Waals surface area contributed by atoms with E-state index in [9.17, 15) is 14.4 Å². The van der Waals surface area contributed by atoms with Crippen LogP contribution in [-0.2, 0) is 4.74 Å². The van der Waals surface area contributed by atoms with Gasteiger partial charge in [0.05, 0.1) is 24.6 Å². The van der Waals surface area contributed by atoms with Gasteiger partial charge in [-0.25, -0.2) is 24.7 Å². The Labute approximate surface area is 216 Å². The highest BCUT2D eigenvalue weighted by atomic mass is 35.5. The third kappa shape index (κ3) is 6.72. The maximum absolute atomic E-state index is 13.0. The summed E-state index contributed by atoms with van der Waals surface area (Å²) in [5, 5.41) is -0.155. The van der Waals surface area contributed by atoms with Gasteiger partial charge in [-0.3, -0.25) is 14.5 Å². The van der Waals surface area contributed by atoms with Gasteiger partial charge in [-0.2, -0.15) is 0 Å². The van der Waals surface area contributed by atoms with Crippen molar-refractivity contribution in [3.05, 3.63) is 63.5 Å². The molecule has 182 valence electrons. The maximum atomic E-state index is 13.0. The standard InChI is InChI=1S/C23H20Cl3N5O4/c1-12(32)18-20(25)29-15(9-27-18)13-5-7-14(8-6-13)31(22(34)35-23(2,3)4)11-16(33)19-21(26)30-17(24)10-28-19/h5-10H,11H2,1-4H3. The molecule has 3 aromatic rings. The van der Waals surface area contributed by atoms with Gasteiger partial charge in [-0.15, -0.1) is 0 Å². The van der Waals surface area contributed by atoms with E-state index >= 15 is 0 Å². The summed E-state index contributed by atoms with van der Waals surface area (Å²) in [7, 11) is 0. The fraction of sp³-hybridized carbons (Fsp3) is 0.261. The molecule has 0 atom stereocenters. The number of amides is 1. The van der Waals surface area contributed by atoms with Crippen molar-refractivity contribution in [2.24, 2.45) is 0 Å². The van der Waals surface area contributed by atoms with E-state index in [-0.39, 0.29) is 32.6 Å². The van der Waals surface area contributed by atoms with Crippen molar-refractivity contribution in [2.75, 3.05) is 11.4 Å². The van der Waals surface area contributed by atoms with Crippen LogP contribution in [0.25, 0.3) is 11.3 Å². The van der Waals surface area contributed by atoms with E-state index in [0.717, 1.165) is 4.90 Å². The summed E-state index contributed by atoms with van der Waals surface area (Å²) >= 11 is 17.8. The van der Waals surface area contributed by atoms with E-state index in [1.54, 1.807) is 45.0 Å². The van der Waals surface area contributed by atoms with Crippen molar-refractivity contribution in [2.45, 2.75) is 33.3 Å². The molecule has 0 saturated heterocycles. The van der Waals surface area contributed by atoms with Crippen LogP contribution in [0.15, 0.2) is 36.7 Å². The van der Waals surface area contributed by atoms with Crippen LogP contribution in [-0.4, -0.2) is 49.7 Å². The van der Waals surface area contributed by atoms with Gasteiger partial charge >= 0.3 is 6.09 Å². The molecule has 0 N–H and O–H groups in total. The molecule has 0 bridgehead atoms. The molecule has 0 fully saturated rings. The number of aromatic nitrogens is 4. The molecule has 35 heavy (non-hydrogen) atoms. The number of carbonyl (C=O) groups excluding carboxylic acids is 3. The topological polar surface area (TPSA) is 115 Å². The summed E-state index contributed by atoms with van der Waals surface area (Å²) in [5.41, 5.74) is 0.562. The predicted octanol–water partition coefficient (Wildman–Crippen LogP) is 5.72. The number of Topliss-reactive ketones (excluding diaryl/α,β-unsaturated/α-hetero) is 2. The largest absolute Gasteiger partial charge is 0.443 e. The van der Waals surface area contributed by atoms with Crippen LogP contribution in [0.2, 0.25) is 15.5 Å². The third-order valence-electron chi connectivity index (χ3n) is 4.42. The molecule has 1 amide bonds. The van der Waals surface area contributed by atoms with E-state index in [4.69, 9.17) is 39.5 Å². The van der Waals surface area contributed by atoms with E-state index in [1.807, 2.05) is 0 Å². The third-order valence-corrected chi connectivity index (χ3v) is 5.13. The second-order valence-electron chi connectivity index (χ2n) is 8.32. The summed E-state index contributed by atoms with van der Waals surface area (Å²) < 4.78 is 5.48. The smallest absolute Gasteiger partial charge is 0.415 e. The van der Waals surface area contributed by atoms with Crippen LogP contribution in [0.5, 0.6) is 0 Å². The molecule has 0 unspecified atom stereocenters. The molecular weight excluding hydrogens is 517 g/mol. The van der Waals surface area contributed by atoms with Crippen LogP contribution in [0, 0.1) is 0 Å². The Bertz CT molecular complexity index is 1290. The average Bonchev–Trinajstić information content (AvgIpc) is 2.76. The van der Waals surface area contributed by atoms with Crippen molar-refractivity contribution < 1.29 is 19.1 Å². The Balaban J connectivity index is 1.92. The Kier molecular flexibility index (Phi) is 8.04. The highest BCUT2D eigenvalue weighted by Gasteiger charge is 2.27. The molecule has 0 saturated carbocycles. The summed E-state index contributed by atoms with van der Waals surface area (Å²) in [6.45, 7) is 6.07. The molecule has 9 nitrogen and oxygen atoms in total. The maximum Gasteiger partial charge on any atom is 0.415 e.